The van der Waals surface area contributed by atoms with Gasteiger partial charge in [-0.25, -0.2) is 14.9 Å². The molecule has 0 fully saturated rings. The van der Waals surface area contributed by atoms with Gasteiger partial charge in [0.15, 0.2) is 0 Å². The molecular weight excluding hydrogens is 514 g/mol. The van der Waals surface area contributed by atoms with E-state index in [9.17, 15) is 28.8 Å². The quantitative estimate of drug-likeness (QED) is 0.379. The summed E-state index contributed by atoms with van der Waals surface area (Å²) < 4.78 is 0. The Morgan fingerprint density at radius 3 is 1.45 bits per heavy atom. The molecule has 0 unspecified atom stereocenters. The number of amides is 6. The standard InChI is InChI=1S/C29H25N5O6/c1-18-14-15-30-29(31-18)34(23(35)12-6-16-32-25(37)19-8-2-3-9-20(19)26(32)38)24(36)13-7-17-33-27(39)21-10-4-5-11-22(21)28(33)40/h2-5,8-11,14-15H,6-7,12-13,16-17H2,1H3. The van der Waals surface area contributed by atoms with E-state index < -0.39 is 35.4 Å². The number of fused-ring (bicyclic) bond motifs is 2. The van der Waals surface area contributed by atoms with Crippen molar-refractivity contribution >= 4 is 41.4 Å². The molecule has 0 atom stereocenters. The van der Waals surface area contributed by atoms with Crippen molar-refractivity contribution in [1.82, 2.24) is 19.8 Å². The van der Waals surface area contributed by atoms with Crippen molar-refractivity contribution < 1.29 is 28.8 Å². The van der Waals surface area contributed by atoms with Gasteiger partial charge < -0.3 is 0 Å². The van der Waals surface area contributed by atoms with Crippen molar-refractivity contribution in [3.05, 3.63) is 88.7 Å². The second kappa shape index (κ2) is 11.0. The first-order valence-electron chi connectivity index (χ1n) is 12.8. The number of imide groups is 3. The van der Waals surface area contributed by atoms with E-state index in [0.29, 0.717) is 27.9 Å². The van der Waals surface area contributed by atoms with E-state index in [1.165, 1.54) is 6.20 Å². The van der Waals surface area contributed by atoms with Crippen LogP contribution in [0.4, 0.5) is 5.95 Å². The van der Waals surface area contributed by atoms with Gasteiger partial charge in [-0.1, -0.05) is 24.3 Å². The number of hydrogen-bond acceptors (Lipinski definition) is 8. The Morgan fingerprint density at radius 1 is 0.675 bits per heavy atom. The van der Waals surface area contributed by atoms with E-state index in [1.54, 1.807) is 61.5 Å². The molecule has 0 spiro atoms. The summed E-state index contributed by atoms with van der Waals surface area (Å²) in [5.41, 5.74) is 1.83. The summed E-state index contributed by atoms with van der Waals surface area (Å²) in [5, 5.41) is 0. The molecule has 1 aromatic heterocycles. The van der Waals surface area contributed by atoms with Gasteiger partial charge in [0, 0.05) is 37.8 Å². The lowest BCUT2D eigenvalue weighted by Gasteiger charge is -2.21. The SMILES string of the molecule is Cc1ccnc(N(C(=O)CCCN2C(=O)c3ccccc3C2=O)C(=O)CCCN2C(=O)c3ccccc3C2=O)n1. The summed E-state index contributed by atoms with van der Waals surface area (Å²) in [6, 6.07) is 14.7. The van der Waals surface area contributed by atoms with E-state index in [-0.39, 0.29) is 44.7 Å². The maximum Gasteiger partial charge on any atom is 0.261 e. The van der Waals surface area contributed by atoms with E-state index in [2.05, 4.69) is 9.97 Å². The van der Waals surface area contributed by atoms with Crippen molar-refractivity contribution in [2.24, 2.45) is 0 Å². The zero-order valence-electron chi connectivity index (χ0n) is 21.7. The fraction of sp³-hybridized carbons (Fsp3) is 0.241. The molecule has 0 N–H and O–H groups in total. The van der Waals surface area contributed by atoms with Gasteiger partial charge in [0.05, 0.1) is 22.3 Å². The van der Waals surface area contributed by atoms with Crippen LogP contribution >= 0.6 is 0 Å². The molecule has 3 aromatic rings. The third-order valence-corrected chi connectivity index (χ3v) is 6.78. The van der Waals surface area contributed by atoms with Crippen molar-refractivity contribution in [3.8, 4) is 0 Å². The summed E-state index contributed by atoms with van der Waals surface area (Å²) in [7, 11) is 0. The highest BCUT2D eigenvalue weighted by Gasteiger charge is 2.36. The molecule has 2 aromatic carbocycles. The van der Waals surface area contributed by atoms with Crippen LogP contribution in [0.25, 0.3) is 0 Å². The third kappa shape index (κ3) is 4.89. The van der Waals surface area contributed by atoms with E-state index in [1.807, 2.05) is 0 Å². The molecule has 0 radical (unpaired) electrons. The normalized spacial score (nSPS) is 14.0. The average molecular weight is 540 g/mol. The highest BCUT2D eigenvalue weighted by atomic mass is 16.2. The number of nitrogens with zero attached hydrogens (tertiary/aromatic N) is 5. The van der Waals surface area contributed by atoms with Gasteiger partial charge >= 0.3 is 0 Å². The van der Waals surface area contributed by atoms with Gasteiger partial charge in [-0.05, 0) is 50.1 Å². The van der Waals surface area contributed by atoms with Crippen LogP contribution in [0.5, 0.6) is 0 Å². The maximum absolute atomic E-state index is 13.2. The number of aryl methyl sites for hydroxylation is 1. The summed E-state index contributed by atoms with van der Waals surface area (Å²) in [6.45, 7) is 1.71. The molecule has 0 saturated heterocycles. The van der Waals surface area contributed by atoms with E-state index in [4.69, 9.17) is 0 Å². The molecule has 0 aliphatic carbocycles. The first-order valence-corrected chi connectivity index (χ1v) is 12.8. The molecule has 3 heterocycles. The van der Waals surface area contributed by atoms with Crippen LogP contribution in [-0.4, -0.2) is 68.3 Å². The Balaban J connectivity index is 1.22. The van der Waals surface area contributed by atoms with Crippen molar-refractivity contribution in [1.29, 1.82) is 0 Å². The first kappa shape index (κ1) is 26.5. The van der Waals surface area contributed by atoms with Crippen molar-refractivity contribution in [3.63, 3.8) is 0 Å². The van der Waals surface area contributed by atoms with Gasteiger partial charge in [-0.2, -0.15) is 0 Å². The van der Waals surface area contributed by atoms with Crippen LogP contribution < -0.4 is 4.90 Å². The fourth-order valence-electron chi connectivity index (χ4n) is 4.79. The average Bonchev–Trinajstić information content (AvgIpc) is 3.34. The second-order valence-corrected chi connectivity index (χ2v) is 9.44. The van der Waals surface area contributed by atoms with Crippen LogP contribution in [-0.2, 0) is 9.59 Å². The lowest BCUT2D eigenvalue weighted by Crippen LogP contribution is -2.39. The molecule has 202 valence electrons. The Morgan fingerprint density at radius 2 is 1.07 bits per heavy atom. The minimum absolute atomic E-state index is 0.00847. The van der Waals surface area contributed by atoms with Crippen LogP contribution in [0, 0.1) is 6.92 Å². The largest absolute Gasteiger partial charge is 0.274 e. The predicted molar refractivity (Wildman–Crippen MR) is 141 cm³/mol. The van der Waals surface area contributed by atoms with Gasteiger partial charge in [0.25, 0.3) is 23.6 Å². The molecule has 5 rings (SSSR count). The predicted octanol–water partition coefficient (Wildman–Crippen LogP) is 2.80. The zero-order valence-corrected chi connectivity index (χ0v) is 21.7. The van der Waals surface area contributed by atoms with Crippen LogP contribution in [0.15, 0.2) is 60.8 Å². The molecule has 6 amide bonds. The Labute approximate surface area is 229 Å². The zero-order chi connectivity index (χ0) is 28.4. The molecule has 40 heavy (non-hydrogen) atoms. The van der Waals surface area contributed by atoms with E-state index in [0.717, 1.165) is 14.7 Å². The van der Waals surface area contributed by atoms with Crippen molar-refractivity contribution in [2.45, 2.75) is 32.6 Å². The summed E-state index contributed by atoms with van der Waals surface area (Å²) in [5.74, 6) is -2.95. The Kier molecular flexibility index (Phi) is 7.28. The monoisotopic (exact) mass is 539 g/mol. The van der Waals surface area contributed by atoms with Gasteiger partial charge in [-0.3, -0.25) is 38.6 Å². The number of hydrogen-bond donors (Lipinski definition) is 0. The van der Waals surface area contributed by atoms with Crippen LogP contribution in [0.2, 0.25) is 0 Å². The maximum atomic E-state index is 13.2. The number of carbonyl (C=O) groups is 6. The van der Waals surface area contributed by atoms with Gasteiger partial charge in [0.2, 0.25) is 17.8 Å². The van der Waals surface area contributed by atoms with Crippen LogP contribution in [0.3, 0.4) is 0 Å². The Bertz CT molecular complexity index is 1400. The van der Waals surface area contributed by atoms with Gasteiger partial charge in [0.1, 0.15) is 0 Å². The third-order valence-electron chi connectivity index (χ3n) is 6.78. The summed E-state index contributed by atoms with van der Waals surface area (Å²) in [4.78, 5) is 88.3. The summed E-state index contributed by atoms with van der Waals surface area (Å²) in [6.07, 6.45) is 1.41. The molecule has 2 aliphatic rings. The topological polar surface area (TPSA) is 138 Å². The number of rotatable bonds is 9. The number of anilines is 1. The minimum Gasteiger partial charge on any atom is -0.274 e. The Hall–Kier alpha value is -5.06. The van der Waals surface area contributed by atoms with Gasteiger partial charge in [-0.15, -0.1) is 0 Å². The van der Waals surface area contributed by atoms with Crippen molar-refractivity contribution in [2.75, 3.05) is 18.0 Å². The first-order chi connectivity index (χ1) is 19.3. The molecule has 0 bridgehead atoms. The van der Waals surface area contributed by atoms with E-state index >= 15 is 0 Å². The molecule has 2 aliphatic heterocycles. The number of aromatic nitrogens is 2. The number of carbonyl (C=O) groups excluding carboxylic acids is 6. The molecule has 0 saturated carbocycles. The number of benzene rings is 2. The minimum atomic E-state index is -0.590. The van der Waals surface area contributed by atoms with Crippen LogP contribution in [0.1, 0.15) is 72.8 Å². The highest BCUT2D eigenvalue weighted by molar-refractivity contribution is 6.22. The smallest absolute Gasteiger partial charge is 0.261 e. The molecule has 11 heteroatoms. The highest BCUT2D eigenvalue weighted by Crippen LogP contribution is 2.24. The lowest BCUT2D eigenvalue weighted by atomic mass is 10.1. The summed E-state index contributed by atoms with van der Waals surface area (Å²) >= 11 is 0. The fourth-order valence-corrected chi connectivity index (χ4v) is 4.79. The molecule has 11 nitrogen and oxygen atoms in total. The molecular formula is C29H25N5O6. The second-order valence-electron chi connectivity index (χ2n) is 9.44. The lowest BCUT2D eigenvalue weighted by molar-refractivity contribution is -0.126.